The molecule has 43 heavy (non-hydrogen) atoms. The number of aromatic nitrogens is 8. The van der Waals surface area contributed by atoms with Crippen molar-refractivity contribution in [3.8, 4) is 0 Å². The van der Waals surface area contributed by atoms with Crippen LogP contribution in [0.3, 0.4) is 0 Å². The lowest BCUT2D eigenvalue weighted by Gasteiger charge is -2.24. The maximum atomic E-state index is 13.4. The first-order valence-electron chi connectivity index (χ1n) is 12.8. The first kappa shape index (κ1) is 30.4. The van der Waals surface area contributed by atoms with Crippen molar-refractivity contribution in [1.82, 2.24) is 44.1 Å². The number of nitrogen functional groups attached to an aromatic ring is 2. The lowest BCUT2D eigenvalue weighted by Crippen LogP contribution is -2.37. The minimum atomic E-state index is -3.74. The molecule has 2 unspecified atom stereocenters. The number of rotatable bonds is 10. The van der Waals surface area contributed by atoms with E-state index in [-0.39, 0.29) is 36.9 Å². The first-order chi connectivity index (χ1) is 20.4. The number of hydrogen-bond acceptors (Lipinski definition) is 14. The number of nitrogens with two attached hydrogens (primary N) is 3. The zero-order chi connectivity index (χ0) is 30.5. The summed E-state index contributed by atoms with van der Waals surface area (Å²) in [6.45, 7) is -7.66. The lowest BCUT2D eigenvalue weighted by molar-refractivity contribution is -0.0196. The van der Waals surface area contributed by atoms with E-state index in [1.54, 1.807) is 9.13 Å². The Labute approximate surface area is 253 Å². The van der Waals surface area contributed by atoms with Crippen LogP contribution in [0.1, 0.15) is 31.7 Å². The third-order valence-corrected chi connectivity index (χ3v) is 9.68. The average molecular weight is 675 g/mol. The summed E-state index contributed by atoms with van der Waals surface area (Å²) in [5.74, 6) is 0.165. The summed E-state index contributed by atoms with van der Waals surface area (Å²) in [5, 5.41) is 2.91. The number of fused-ring (bicyclic) bond motifs is 2. The Morgan fingerprint density at radius 3 is 2.51 bits per heavy atom. The minimum Gasteiger partial charge on any atom is -0.382 e. The van der Waals surface area contributed by atoms with Crippen LogP contribution >= 0.6 is 37.9 Å². The maximum Gasteiger partial charge on any atom is 0.323 e. The summed E-state index contributed by atoms with van der Waals surface area (Å²) in [7, 11) is 0. The molecule has 23 heteroatoms. The molecular formula is C20H28N12O7P2S2. The van der Waals surface area contributed by atoms with E-state index in [9.17, 15) is 13.9 Å². The number of thiol groups is 2. The van der Waals surface area contributed by atoms with Crippen LogP contribution in [-0.4, -0.2) is 70.5 Å². The van der Waals surface area contributed by atoms with Crippen LogP contribution in [-0.2, 0) is 27.7 Å². The molecule has 0 amide bonds. The van der Waals surface area contributed by atoms with Crippen molar-refractivity contribution in [2.45, 2.75) is 50.0 Å². The quantitative estimate of drug-likeness (QED) is 0.0917. The standard InChI is InChI=1S/C20H28N12O7P2S2/c21-16-14-17(25-6-24-16)32(7-26-14)13-3-10(11(39-13)5-36-40(23,34)42)30-41(35,43)37-4-9-1-2-12(38-9)31-8-27-15-18(31)28-20(22)29-19(15)33/h6-13H,1-5H2,(H2,21,24,25)(H3,23,34,42)(H2,30,35,43)(H3,22,28,29,33)/t9-,10-,11+,12+,13+,40?,41?/m0/s1. The molecule has 4 aromatic rings. The predicted molar refractivity (Wildman–Crippen MR) is 160 cm³/mol. The Morgan fingerprint density at radius 1 is 1.00 bits per heavy atom. The highest BCUT2D eigenvalue weighted by Crippen LogP contribution is 2.51. The Hall–Kier alpha value is -2.58. The van der Waals surface area contributed by atoms with E-state index in [1.165, 1.54) is 19.0 Å². The van der Waals surface area contributed by atoms with Gasteiger partial charge >= 0.3 is 13.4 Å². The van der Waals surface area contributed by atoms with E-state index in [0.717, 1.165) is 0 Å². The molecule has 6 rings (SSSR count). The molecular weight excluding hydrogens is 646 g/mol. The minimum absolute atomic E-state index is 0.0386. The van der Waals surface area contributed by atoms with E-state index in [4.69, 9.17) is 35.5 Å². The summed E-state index contributed by atoms with van der Waals surface area (Å²) in [6, 6.07) is -0.644. The number of hydrogen-bond donors (Lipinski definition) is 7. The van der Waals surface area contributed by atoms with E-state index >= 15 is 0 Å². The molecule has 2 fully saturated rings. The predicted octanol–water partition coefficient (Wildman–Crippen LogP) is 1.11. The third-order valence-electron chi connectivity index (χ3n) is 6.97. The molecule has 7 atom stereocenters. The van der Waals surface area contributed by atoms with Crippen LogP contribution < -0.4 is 27.6 Å². The molecule has 0 aliphatic carbocycles. The Bertz CT molecular complexity index is 1810. The van der Waals surface area contributed by atoms with Gasteiger partial charge < -0.3 is 30.0 Å². The molecule has 6 heterocycles. The van der Waals surface area contributed by atoms with Gasteiger partial charge in [-0.3, -0.25) is 33.5 Å². The molecule has 4 aromatic heterocycles. The first-order valence-corrected chi connectivity index (χ1v) is 18.5. The summed E-state index contributed by atoms with van der Waals surface area (Å²) >= 11 is 8.05. The number of aromatic amines is 1. The van der Waals surface area contributed by atoms with Crippen LogP contribution in [0.4, 0.5) is 11.8 Å². The van der Waals surface area contributed by atoms with Crippen LogP contribution in [0.2, 0.25) is 0 Å². The van der Waals surface area contributed by atoms with Crippen molar-refractivity contribution >= 4 is 72.0 Å². The van der Waals surface area contributed by atoms with Crippen molar-refractivity contribution in [3.63, 3.8) is 0 Å². The van der Waals surface area contributed by atoms with Crippen molar-refractivity contribution < 1.29 is 27.7 Å². The van der Waals surface area contributed by atoms with Crippen molar-refractivity contribution in [3.05, 3.63) is 29.3 Å². The highest BCUT2D eigenvalue weighted by molar-refractivity contribution is 8.45. The fourth-order valence-corrected chi connectivity index (χ4v) is 7.39. The van der Waals surface area contributed by atoms with Crippen LogP contribution in [0.25, 0.3) is 22.3 Å². The van der Waals surface area contributed by atoms with E-state index < -0.39 is 49.7 Å². The SMILES string of the molecule is Nc1nc2c(ncn2[C@H]2CC[C@@H](COP(=O)(S)N[C@H]3C[C@H](n4cnc5c(N)ncnc54)O[C@@H]3COP(N)(=O)S)O2)c(=O)[nH]1. The molecule has 232 valence electrons. The molecule has 0 radical (unpaired) electrons. The number of H-pyrrole nitrogens is 1. The second-order valence-electron chi connectivity index (χ2n) is 9.92. The molecule has 8 N–H and O–H groups in total. The zero-order valence-corrected chi connectivity index (χ0v) is 25.7. The second kappa shape index (κ2) is 11.7. The monoisotopic (exact) mass is 674 g/mol. The number of anilines is 2. The maximum absolute atomic E-state index is 13.4. The smallest absolute Gasteiger partial charge is 0.323 e. The molecule has 0 spiro atoms. The molecule has 0 bridgehead atoms. The van der Waals surface area contributed by atoms with Gasteiger partial charge in [-0.05, 0) is 12.8 Å². The van der Waals surface area contributed by atoms with Gasteiger partial charge in [0.2, 0.25) is 5.95 Å². The number of nitrogens with zero attached hydrogens (tertiary/aromatic N) is 7. The zero-order valence-electron chi connectivity index (χ0n) is 22.2. The number of imidazole rings is 2. The largest absolute Gasteiger partial charge is 0.382 e. The van der Waals surface area contributed by atoms with E-state index in [0.29, 0.717) is 29.7 Å². The molecule has 19 nitrogen and oxygen atoms in total. The Morgan fingerprint density at radius 2 is 1.74 bits per heavy atom. The van der Waals surface area contributed by atoms with Gasteiger partial charge in [-0.2, -0.15) is 4.98 Å². The van der Waals surface area contributed by atoms with Gasteiger partial charge in [0.25, 0.3) is 5.56 Å². The van der Waals surface area contributed by atoms with Gasteiger partial charge in [0.05, 0.1) is 38.1 Å². The van der Waals surface area contributed by atoms with Gasteiger partial charge in [-0.25, -0.2) is 25.0 Å². The van der Waals surface area contributed by atoms with Gasteiger partial charge in [-0.1, -0.05) is 24.5 Å². The molecule has 2 aliphatic heterocycles. The lowest BCUT2D eigenvalue weighted by atomic mass is 10.1. The fourth-order valence-electron chi connectivity index (χ4n) is 5.05. The van der Waals surface area contributed by atoms with Gasteiger partial charge in [0.1, 0.15) is 24.3 Å². The topological polar surface area (TPSA) is 268 Å². The van der Waals surface area contributed by atoms with E-state index in [2.05, 4.69) is 59.5 Å². The molecule has 2 saturated heterocycles. The Kier molecular flexibility index (Phi) is 8.31. The van der Waals surface area contributed by atoms with Gasteiger partial charge in [0.15, 0.2) is 22.6 Å². The number of ether oxygens (including phenoxy) is 2. The second-order valence-corrected chi connectivity index (χ2v) is 16.1. The Balaban J connectivity index is 1.11. The average Bonchev–Trinajstić information content (AvgIpc) is 3.71. The summed E-state index contributed by atoms with van der Waals surface area (Å²) in [6.07, 6.45) is 3.30. The molecule has 0 aromatic carbocycles. The van der Waals surface area contributed by atoms with Crippen LogP contribution in [0.5, 0.6) is 0 Å². The van der Waals surface area contributed by atoms with Gasteiger partial charge in [-0.15, -0.1) is 0 Å². The third kappa shape index (κ3) is 6.60. The highest BCUT2D eigenvalue weighted by Gasteiger charge is 2.41. The highest BCUT2D eigenvalue weighted by atomic mass is 32.7. The summed E-state index contributed by atoms with van der Waals surface area (Å²) in [5.41, 5.74) is 17.8. The normalized spacial score (nSPS) is 27.1. The van der Waals surface area contributed by atoms with Crippen LogP contribution in [0.15, 0.2) is 23.8 Å². The van der Waals surface area contributed by atoms with Crippen LogP contribution in [0, 0.1) is 0 Å². The van der Waals surface area contributed by atoms with Crippen molar-refractivity contribution in [2.24, 2.45) is 5.50 Å². The van der Waals surface area contributed by atoms with Crippen molar-refractivity contribution in [2.75, 3.05) is 24.7 Å². The summed E-state index contributed by atoms with van der Waals surface area (Å²) in [4.78, 5) is 35.2. The molecule has 0 saturated carbocycles. The van der Waals surface area contributed by atoms with Gasteiger partial charge in [0, 0.05) is 12.5 Å². The number of nitrogens with one attached hydrogen (secondary N) is 2. The van der Waals surface area contributed by atoms with E-state index in [1.807, 2.05) is 0 Å². The summed E-state index contributed by atoms with van der Waals surface area (Å²) < 4.78 is 51.7. The molecule has 2 aliphatic rings. The fraction of sp³-hybridized carbons (Fsp3) is 0.500. The van der Waals surface area contributed by atoms with Crippen molar-refractivity contribution in [1.29, 1.82) is 0 Å².